The number of aryl methyl sites for hydroxylation is 1. The molecule has 0 atom stereocenters. The van der Waals surface area contributed by atoms with Crippen LogP contribution in [-0.2, 0) is 26.0 Å². The molecule has 31 heavy (non-hydrogen) atoms. The normalized spacial score (nSPS) is 12.0. The third-order valence-electron chi connectivity index (χ3n) is 4.48. The highest BCUT2D eigenvalue weighted by atomic mass is 32.2. The fourth-order valence-electron chi connectivity index (χ4n) is 3.05. The van der Waals surface area contributed by atoms with E-state index in [9.17, 15) is 26.4 Å². The molecular formula is C20H18F3NO6S. The van der Waals surface area contributed by atoms with E-state index >= 15 is 0 Å². The van der Waals surface area contributed by atoms with E-state index in [-0.39, 0.29) is 23.3 Å². The number of nitrogens with zero attached hydrogens (tertiary/aromatic N) is 1. The van der Waals surface area contributed by atoms with Crippen LogP contribution in [0.5, 0.6) is 11.5 Å². The highest BCUT2D eigenvalue weighted by Gasteiger charge is 2.32. The average Bonchev–Trinajstić information content (AvgIpc) is 3.09. The maximum atomic E-state index is 13.2. The number of alkyl halides is 3. The zero-order valence-corrected chi connectivity index (χ0v) is 17.3. The summed E-state index contributed by atoms with van der Waals surface area (Å²) in [7, 11) is -1.58. The summed E-state index contributed by atoms with van der Waals surface area (Å²) in [5, 5.41) is 0.523. The van der Waals surface area contributed by atoms with E-state index in [1.807, 2.05) is 0 Å². The highest BCUT2D eigenvalue weighted by molar-refractivity contribution is 7.90. The molecule has 2 aromatic carbocycles. The van der Waals surface area contributed by atoms with Gasteiger partial charge in [-0.05, 0) is 42.3 Å². The number of ether oxygens (including phenoxy) is 3. The predicted octanol–water partition coefficient (Wildman–Crippen LogP) is 3.89. The van der Waals surface area contributed by atoms with Crippen LogP contribution in [0.2, 0.25) is 0 Å². The monoisotopic (exact) mass is 457 g/mol. The number of carbonyl (C=O) groups is 1. The molecule has 0 N–H and O–H groups in total. The molecule has 0 spiro atoms. The molecule has 1 aromatic heterocycles. The van der Waals surface area contributed by atoms with Crippen molar-refractivity contribution >= 4 is 26.9 Å². The van der Waals surface area contributed by atoms with Gasteiger partial charge in [-0.15, -0.1) is 13.2 Å². The van der Waals surface area contributed by atoms with Crippen LogP contribution in [0.25, 0.3) is 10.9 Å². The SMILES string of the molecule is COC(=O)CCc1cn(S(=O)(=O)c2cccc(OC(F)(F)F)c2)c2ccc(OC)cc12. The summed E-state index contributed by atoms with van der Waals surface area (Å²) < 4.78 is 78.7. The maximum absolute atomic E-state index is 13.2. The van der Waals surface area contributed by atoms with E-state index in [0.29, 0.717) is 16.7 Å². The molecule has 11 heteroatoms. The van der Waals surface area contributed by atoms with E-state index in [0.717, 1.165) is 22.2 Å². The van der Waals surface area contributed by atoms with Gasteiger partial charge in [0.15, 0.2) is 0 Å². The summed E-state index contributed by atoms with van der Waals surface area (Å²) in [6, 6.07) is 8.82. The predicted molar refractivity (Wildman–Crippen MR) is 105 cm³/mol. The van der Waals surface area contributed by atoms with Gasteiger partial charge in [0, 0.05) is 24.1 Å². The third kappa shape index (κ3) is 4.93. The number of rotatable bonds is 7. The molecule has 1 heterocycles. The summed E-state index contributed by atoms with van der Waals surface area (Å²) in [5.41, 5.74) is 0.813. The standard InChI is InChI=1S/C20H18F3NO6S/c1-28-14-7-8-18-17(11-14)13(6-9-19(25)29-2)12-24(18)31(26,27)16-5-3-4-15(10-16)30-20(21,22)23/h3-5,7-8,10-12H,6,9H2,1-2H3. The van der Waals surface area contributed by atoms with Crippen LogP contribution in [0.3, 0.4) is 0 Å². The van der Waals surface area contributed by atoms with Crippen molar-refractivity contribution in [2.75, 3.05) is 14.2 Å². The minimum absolute atomic E-state index is 0.0157. The van der Waals surface area contributed by atoms with E-state index in [1.54, 1.807) is 12.1 Å². The summed E-state index contributed by atoms with van der Waals surface area (Å²) >= 11 is 0. The smallest absolute Gasteiger partial charge is 0.497 e. The zero-order valence-electron chi connectivity index (χ0n) is 16.5. The molecule has 0 amide bonds. The van der Waals surface area contributed by atoms with Gasteiger partial charge in [-0.3, -0.25) is 4.79 Å². The fraction of sp³-hybridized carbons (Fsp3) is 0.250. The number of carbonyl (C=O) groups excluding carboxylic acids is 1. The van der Waals surface area contributed by atoms with Gasteiger partial charge in [0.2, 0.25) is 0 Å². The van der Waals surface area contributed by atoms with Gasteiger partial charge < -0.3 is 14.2 Å². The number of benzene rings is 2. The van der Waals surface area contributed by atoms with Crippen molar-refractivity contribution in [2.24, 2.45) is 0 Å². The van der Waals surface area contributed by atoms with Gasteiger partial charge in [0.05, 0.1) is 24.6 Å². The average molecular weight is 457 g/mol. The summed E-state index contributed by atoms with van der Waals surface area (Å²) in [5.74, 6) is -0.649. The largest absolute Gasteiger partial charge is 0.573 e. The second-order valence-electron chi connectivity index (χ2n) is 6.44. The second-order valence-corrected chi connectivity index (χ2v) is 8.25. The number of hydrogen-bond donors (Lipinski definition) is 0. The number of aromatic nitrogens is 1. The Morgan fingerprint density at radius 2 is 1.81 bits per heavy atom. The van der Waals surface area contributed by atoms with Crippen molar-refractivity contribution in [3.8, 4) is 11.5 Å². The Morgan fingerprint density at radius 3 is 2.45 bits per heavy atom. The van der Waals surface area contributed by atoms with Gasteiger partial charge in [0.1, 0.15) is 11.5 Å². The van der Waals surface area contributed by atoms with Crippen molar-refractivity contribution in [3.63, 3.8) is 0 Å². The number of fused-ring (bicyclic) bond motifs is 1. The van der Waals surface area contributed by atoms with Crippen molar-refractivity contribution in [3.05, 3.63) is 54.2 Å². The van der Waals surface area contributed by atoms with E-state index in [1.165, 1.54) is 32.5 Å². The first kappa shape index (κ1) is 22.5. The van der Waals surface area contributed by atoms with E-state index < -0.39 is 28.1 Å². The molecule has 0 aliphatic rings. The molecule has 0 aliphatic carbocycles. The van der Waals surface area contributed by atoms with Crippen molar-refractivity contribution in [2.45, 2.75) is 24.1 Å². The topological polar surface area (TPSA) is 83.8 Å². The lowest BCUT2D eigenvalue weighted by Crippen LogP contribution is -2.18. The number of halogens is 3. The molecule has 0 bridgehead atoms. The lowest BCUT2D eigenvalue weighted by Gasteiger charge is -2.11. The number of esters is 1. The van der Waals surface area contributed by atoms with Gasteiger partial charge in [-0.2, -0.15) is 0 Å². The molecular weight excluding hydrogens is 439 g/mol. The van der Waals surface area contributed by atoms with Crippen molar-refractivity contribution in [1.29, 1.82) is 0 Å². The minimum Gasteiger partial charge on any atom is -0.497 e. The summed E-state index contributed by atoms with van der Waals surface area (Å²) in [4.78, 5) is 11.2. The quantitative estimate of drug-likeness (QED) is 0.501. The molecule has 3 rings (SSSR count). The van der Waals surface area contributed by atoms with Gasteiger partial charge >= 0.3 is 12.3 Å². The molecule has 0 unspecified atom stereocenters. The van der Waals surface area contributed by atoms with Crippen molar-refractivity contribution in [1.82, 2.24) is 3.97 Å². The zero-order chi connectivity index (χ0) is 22.8. The Kier molecular flexibility index (Phi) is 6.16. The summed E-state index contributed by atoms with van der Waals surface area (Å²) in [6.45, 7) is 0. The number of methoxy groups -OCH3 is 2. The Bertz CT molecular complexity index is 1220. The van der Waals surface area contributed by atoms with Crippen molar-refractivity contribution < 1.29 is 40.6 Å². The van der Waals surface area contributed by atoms with E-state index in [4.69, 9.17) is 4.74 Å². The lowest BCUT2D eigenvalue weighted by molar-refractivity contribution is -0.274. The first-order valence-corrected chi connectivity index (χ1v) is 10.4. The Balaban J connectivity index is 2.11. The van der Waals surface area contributed by atoms with Gasteiger partial charge in [-0.1, -0.05) is 6.07 Å². The van der Waals surface area contributed by atoms with Crippen LogP contribution in [0.15, 0.2) is 53.6 Å². The Morgan fingerprint density at radius 1 is 1.06 bits per heavy atom. The van der Waals surface area contributed by atoms with Gasteiger partial charge in [0.25, 0.3) is 10.0 Å². The second kappa shape index (κ2) is 8.50. The molecule has 0 saturated heterocycles. The minimum atomic E-state index is -4.96. The van der Waals surface area contributed by atoms with E-state index in [2.05, 4.69) is 9.47 Å². The van der Waals surface area contributed by atoms with Crippen LogP contribution in [0.4, 0.5) is 13.2 Å². The molecule has 0 radical (unpaired) electrons. The van der Waals surface area contributed by atoms with Crippen LogP contribution in [0, 0.1) is 0 Å². The first-order valence-electron chi connectivity index (χ1n) is 8.91. The fourth-order valence-corrected chi connectivity index (χ4v) is 4.48. The molecule has 166 valence electrons. The van der Waals surface area contributed by atoms with Crippen LogP contribution in [-0.4, -0.2) is 38.9 Å². The molecule has 0 saturated carbocycles. The third-order valence-corrected chi connectivity index (χ3v) is 6.15. The lowest BCUT2D eigenvalue weighted by atomic mass is 10.1. The Labute approximate surface area is 176 Å². The Hall–Kier alpha value is -3.21. The van der Waals surface area contributed by atoms with Crippen LogP contribution < -0.4 is 9.47 Å². The van der Waals surface area contributed by atoms with Crippen LogP contribution in [0.1, 0.15) is 12.0 Å². The molecule has 0 aliphatic heterocycles. The summed E-state index contributed by atoms with van der Waals surface area (Å²) in [6.07, 6.45) is -3.42. The van der Waals surface area contributed by atoms with Gasteiger partial charge in [-0.25, -0.2) is 12.4 Å². The van der Waals surface area contributed by atoms with Crippen LogP contribution >= 0.6 is 0 Å². The maximum Gasteiger partial charge on any atom is 0.573 e. The molecule has 0 fully saturated rings. The highest BCUT2D eigenvalue weighted by Crippen LogP contribution is 2.31. The molecule has 3 aromatic rings. The number of hydrogen-bond acceptors (Lipinski definition) is 6. The molecule has 7 nitrogen and oxygen atoms in total. The first-order chi connectivity index (χ1) is 14.5.